The largest absolute Gasteiger partial charge is 0.344 e. The van der Waals surface area contributed by atoms with Crippen molar-refractivity contribution in [1.82, 2.24) is 20.1 Å². The summed E-state index contributed by atoms with van der Waals surface area (Å²) in [6.07, 6.45) is 5.20. The average Bonchev–Trinajstić information content (AvgIpc) is 3.15. The van der Waals surface area contributed by atoms with Crippen LogP contribution in [0.3, 0.4) is 0 Å². The summed E-state index contributed by atoms with van der Waals surface area (Å²) in [5, 5.41) is 12.7. The van der Waals surface area contributed by atoms with Crippen molar-refractivity contribution in [3.05, 3.63) is 59.1 Å². The van der Waals surface area contributed by atoms with Crippen molar-refractivity contribution in [3.63, 3.8) is 0 Å². The summed E-state index contributed by atoms with van der Waals surface area (Å²) in [6, 6.07) is 15.6. The van der Waals surface area contributed by atoms with Crippen molar-refractivity contribution in [2.75, 3.05) is 12.3 Å². The highest BCUT2D eigenvalue weighted by atomic mass is 35.5. The molecule has 0 aliphatic rings. The quantitative estimate of drug-likeness (QED) is 0.446. The molecule has 0 atom stereocenters. The van der Waals surface area contributed by atoms with E-state index in [0.717, 1.165) is 11.3 Å². The van der Waals surface area contributed by atoms with Crippen LogP contribution >= 0.6 is 23.4 Å². The Morgan fingerprint density at radius 3 is 2.62 bits per heavy atom. The second-order valence-corrected chi connectivity index (χ2v) is 8.01. The van der Waals surface area contributed by atoms with E-state index in [1.54, 1.807) is 0 Å². The Bertz CT molecular complexity index is 1040. The highest BCUT2D eigenvalue weighted by molar-refractivity contribution is 7.99. The van der Waals surface area contributed by atoms with Gasteiger partial charge in [0.25, 0.3) is 0 Å². The lowest BCUT2D eigenvalue weighted by Gasteiger charge is -2.17. The van der Waals surface area contributed by atoms with Crippen LogP contribution in [0.25, 0.3) is 17.1 Å². The Morgan fingerprint density at radius 1 is 1.21 bits per heavy atom. The fourth-order valence-electron chi connectivity index (χ4n) is 2.88. The summed E-state index contributed by atoms with van der Waals surface area (Å²) in [4.78, 5) is 12.0. The van der Waals surface area contributed by atoms with Crippen LogP contribution in [-0.2, 0) is 4.79 Å². The maximum Gasteiger partial charge on any atom is 0.231 e. The average molecular weight is 425 g/mol. The molecule has 2 aromatic carbocycles. The number of para-hydroxylation sites is 1. The van der Waals surface area contributed by atoms with E-state index in [9.17, 15) is 4.79 Å². The summed E-state index contributed by atoms with van der Waals surface area (Å²) in [5.74, 6) is 3.46. The maximum atomic E-state index is 12.0. The Morgan fingerprint density at radius 2 is 1.93 bits per heavy atom. The summed E-state index contributed by atoms with van der Waals surface area (Å²) < 4.78 is 2.00. The lowest BCUT2D eigenvalue weighted by molar-refractivity contribution is -0.118. The van der Waals surface area contributed by atoms with Gasteiger partial charge in [-0.3, -0.25) is 9.36 Å². The zero-order valence-electron chi connectivity index (χ0n) is 16.2. The number of hydrogen-bond donors (Lipinski definition) is 1. The summed E-state index contributed by atoms with van der Waals surface area (Å²) >= 11 is 7.37. The summed E-state index contributed by atoms with van der Waals surface area (Å²) in [6.45, 7) is 4.49. The molecule has 148 valence electrons. The van der Waals surface area contributed by atoms with E-state index in [-0.39, 0.29) is 18.2 Å². The number of thioether (sulfide) groups is 1. The zero-order chi connectivity index (χ0) is 20.8. The third-order valence-electron chi connectivity index (χ3n) is 4.26. The Hall–Kier alpha value is -2.75. The van der Waals surface area contributed by atoms with Crippen LogP contribution in [-0.4, -0.2) is 33.0 Å². The van der Waals surface area contributed by atoms with E-state index in [2.05, 4.69) is 41.3 Å². The number of aromatic nitrogens is 3. The van der Waals surface area contributed by atoms with Gasteiger partial charge in [-0.05, 0) is 41.8 Å². The summed E-state index contributed by atoms with van der Waals surface area (Å²) in [7, 11) is 0. The number of hydrogen-bond acceptors (Lipinski definition) is 4. The third kappa shape index (κ3) is 5.00. The molecule has 0 fully saturated rings. The van der Waals surface area contributed by atoms with E-state index in [1.807, 2.05) is 47.0 Å². The molecule has 3 rings (SSSR count). The number of carbonyl (C=O) groups excluding carboxylic acids is 1. The van der Waals surface area contributed by atoms with Crippen molar-refractivity contribution in [2.24, 2.45) is 0 Å². The molecule has 0 bridgehead atoms. The minimum atomic E-state index is -0.146. The number of halogens is 1. The number of terminal acetylenes is 1. The van der Waals surface area contributed by atoms with Crippen LogP contribution in [0, 0.1) is 12.3 Å². The molecule has 0 unspecified atom stereocenters. The zero-order valence-corrected chi connectivity index (χ0v) is 17.8. The number of amides is 1. The van der Waals surface area contributed by atoms with Crippen molar-refractivity contribution in [1.29, 1.82) is 0 Å². The van der Waals surface area contributed by atoms with Gasteiger partial charge in [0.2, 0.25) is 5.91 Å². The topological polar surface area (TPSA) is 59.8 Å². The molecule has 0 spiro atoms. The maximum absolute atomic E-state index is 12.0. The minimum absolute atomic E-state index is 0.146. The summed E-state index contributed by atoms with van der Waals surface area (Å²) in [5.41, 5.74) is 3.05. The second-order valence-electron chi connectivity index (χ2n) is 6.63. The third-order valence-corrected chi connectivity index (χ3v) is 5.44. The van der Waals surface area contributed by atoms with E-state index in [1.165, 1.54) is 17.3 Å². The number of rotatable bonds is 7. The number of nitrogens with zero attached hydrogens (tertiary/aromatic N) is 3. The SMILES string of the molecule is C#CCNC(=O)CSc1nnc(-c2ccc(Cl)cc2)n1-c1ccccc1C(C)C. The molecule has 5 nitrogen and oxygen atoms in total. The normalized spacial score (nSPS) is 10.7. The first-order chi connectivity index (χ1) is 14.0. The molecule has 7 heteroatoms. The molecule has 29 heavy (non-hydrogen) atoms. The monoisotopic (exact) mass is 424 g/mol. The first-order valence-electron chi connectivity index (χ1n) is 9.15. The van der Waals surface area contributed by atoms with Crippen LogP contribution in [0.5, 0.6) is 0 Å². The molecule has 0 saturated heterocycles. The van der Waals surface area contributed by atoms with E-state index >= 15 is 0 Å². The van der Waals surface area contributed by atoms with Crippen LogP contribution in [0.2, 0.25) is 5.02 Å². The molecular weight excluding hydrogens is 404 g/mol. The molecule has 0 radical (unpaired) electrons. The number of carbonyl (C=O) groups is 1. The smallest absolute Gasteiger partial charge is 0.231 e. The Balaban J connectivity index is 2.05. The van der Waals surface area contributed by atoms with Crippen LogP contribution in [0.1, 0.15) is 25.3 Å². The standard InChI is InChI=1S/C22H21ClN4OS/c1-4-13-24-20(28)14-29-22-26-25-21(16-9-11-17(23)12-10-16)27(22)19-8-6-5-7-18(19)15(2)3/h1,5-12,15H,13-14H2,2-3H3,(H,24,28). The highest BCUT2D eigenvalue weighted by Crippen LogP contribution is 2.32. The molecule has 1 amide bonds. The van der Waals surface area contributed by atoms with Gasteiger partial charge in [0.05, 0.1) is 18.0 Å². The lowest BCUT2D eigenvalue weighted by Crippen LogP contribution is -2.25. The first-order valence-corrected chi connectivity index (χ1v) is 10.5. The van der Waals surface area contributed by atoms with Gasteiger partial charge in [0.1, 0.15) is 0 Å². The second kappa shape index (κ2) is 9.64. The molecule has 0 saturated carbocycles. The Labute approximate surface area is 179 Å². The van der Waals surface area contributed by atoms with Crippen molar-refractivity contribution >= 4 is 29.3 Å². The predicted molar refractivity (Wildman–Crippen MR) is 118 cm³/mol. The van der Waals surface area contributed by atoms with Gasteiger partial charge in [-0.15, -0.1) is 16.6 Å². The molecule has 1 N–H and O–H groups in total. The van der Waals surface area contributed by atoms with Gasteiger partial charge in [-0.25, -0.2) is 0 Å². The van der Waals surface area contributed by atoms with Gasteiger partial charge < -0.3 is 5.32 Å². The number of nitrogens with one attached hydrogen (secondary N) is 1. The van der Waals surface area contributed by atoms with E-state index in [4.69, 9.17) is 18.0 Å². The number of benzene rings is 2. The fourth-order valence-corrected chi connectivity index (χ4v) is 3.78. The highest BCUT2D eigenvalue weighted by Gasteiger charge is 2.20. The van der Waals surface area contributed by atoms with Gasteiger partial charge in [0, 0.05) is 10.6 Å². The van der Waals surface area contributed by atoms with Gasteiger partial charge in [-0.2, -0.15) is 0 Å². The van der Waals surface area contributed by atoms with E-state index in [0.29, 0.717) is 21.9 Å². The van der Waals surface area contributed by atoms with Crippen LogP contribution in [0.4, 0.5) is 0 Å². The van der Waals surface area contributed by atoms with Crippen molar-refractivity contribution in [2.45, 2.75) is 24.9 Å². The van der Waals surface area contributed by atoms with Gasteiger partial charge >= 0.3 is 0 Å². The predicted octanol–water partition coefficient (Wildman–Crippen LogP) is 4.55. The van der Waals surface area contributed by atoms with Gasteiger partial charge in [-0.1, -0.05) is 61.3 Å². The molecule has 1 aromatic heterocycles. The lowest BCUT2D eigenvalue weighted by atomic mass is 10.0. The first kappa shape index (κ1) is 21.0. The molecule has 1 heterocycles. The Kier molecular flexibility index (Phi) is 6.97. The minimum Gasteiger partial charge on any atom is -0.344 e. The molecular formula is C22H21ClN4OS. The van der Waals surface area contributed by atoms with Crippen LogP contribution < -0.4 is 5.32 Å². The molecule has 3 aromatic rings. The van der Waals surface area contributed by atoms with Crippen LogP contribution in [0.15, 0.2) is 53.7 Å². The molecule has 0 aliphatic carbocycles. The fraction of sp³-hybridized carbons (Fsp3) is 0.227. The van der Waals surface area contributed by atoms with E-state index < -0.39 is 0 Å². The van der Waals surface area contributed by atoms with Crippen molar-refractivity contribution in [3.8, 4) is 29.4 Å². The van der Waals surface area contributed by atoms with Gasteiger partial charge in [0.15, 0.2) is 11.0 Å². The molecule has 0 aliphatic heterocycles. The van der Waals surface area contributed by atoms with Crippen molar-refractivity contribution < 1.29 is 4.79 Å².